The number of carboxylic acid groups (broad SMARTS) is 1. The van der Waals surface area contributed by atoms with Crippen LogP contribution in [0.2, 0.25) is 0 Å². The number of nitrogens with one attached hydrogen (secondary N) is 2. The van der Waals surface area contributed by atoms with Crippen LogP contribution in [0, 0.1) is 0 Å². The van der Waals surface area contributed by atoms with Crippen LogP contribution in [-0.2, 0) is 20.9 Å². The van der Waals surface area contributed by atoms with Gasteiger partial charge < -0.3 is 20.5 Å². The van der Waals surface area contributed by atoms with Gasteiger partial charge in [0.25, 0.3) is 0 Å². The van der Waals surface area contributed by atoms with Crippen LogP contribution in [-0.4, -0.2) is 59.3 Å². The number of amides is 2. The minimum atomic E-state index is -1.27. The molecule has 2 amide bonds. The summed E-state index contributed by atoms with van der Waals surface area (Å²) in [5.41, 5.74) is 4.38. The zero-order chi connectivity index (χ0) is 29.5. The molecule has 0 saturated carbocycles. The number of fused-ring (bicyclic) bond motifs is 3. The molecule has 0 radical (unpaired) electrons. The van der Waals surface area contributed by atoms with Crippen LogP contribution in [0.15, 0.2) is 78.9 Å². The first-order valence-corrected chi connectivity index (χ1v) is 14.8. The number of hydrogen-bond donors (Lipinski definition) is 3. The van der Waals surface area contributed by atoms with Crippen molar-refractivity contribution in [3.63, 3.8) is 0 Å². The Morgan fingerprint density at radius 1 is 0.929 bits per heavy atom. The van der Waals surface area contributed by atoms with Crippen molar-refractivity contribution in [3.05, 3.63) is 95.6 Å². The maximum absolute atomic E-state index is 13.7. The maximum Gasteiger partial charge on any atom is 0.408 e. The van der Waals surface area contributed by atoms with Crippen LogP contribution in [0.5, 0.6) is 0 Å². The van der Waals surface area contributed by atoms with Crippen molar-refractivity contribution in [1.29, 1.82) is 0 Å². The topological polar surface area (TPSA) is 108 Å². The molecule has 1 aliphatic carbocycles. The van der Waals surface area contributed by atoms with Crippen molar-refractivity contribution in [1.82, 2.24) is 15.5 Å². The Bertz CT molecular complexity index is 1360. The number of ether oxygens (including phenoxy) is 1. The number of carbonyl (C=O) groups excluding carboxylic acids is 2. The standard InChI is InChI=1S/C34H39N3O5/c1-2-3-17-30(31(38)39)35-32(40)34(18-20-37(21-19-34)22-24-11-5-4-6-12-24)36-33(41)42-23-29-27-15-9-7-13-25(27)26-14-8-10-16-28(26)29/h4-16,29-30H,2-3,17-23H2,1H3,(H,35,40)(H,36,41)(H,38,39)/t30-/m0/s1. The highest BCUT2D eigenvalue weighted by molar-refractivity contribution is 5.93. The van der Waals surface area contributed by atoms with Gasteiger partial charge in [0.2, 0.25) is 5.91 Å². The molecule has 42 heavy (non-hydrogen) atoms. The smallest absolute Gasteiger partial charge is 0.408 e. The Morgan fingerprint density at radius 2 is 1.52 bits per heavy atom. The van der Waals surface area contributed by atoms with Gasteiger partial charge in [-0.1, -0.05) is 98.6 Å². The molecular formula is C34H39N3O5. The van der Waals surface area contributed by atoms with Crippen LogP contribution >= 0.6 is 0 Å². The highest BCUT2D eigenvalue weighted by Gasteiger charge is 2.44. The fourth-order valence-electron chi connectivity index (χ4n) is 6.14. The van der Waals surface area contributed by atoms with E-state index in [4.69, 9.17) is 4.74 Å². The van der Waals surface area contributed by atoms with E-state index in [1.165, 1.54) is 5.56 Å². The number of benzene rings is 3. The molecule has 1 aliphatic heterocycles. The summed E-state index contributed by atoms with van der Waals surface area (Å²) in [5.74, 6) is -1.65. The second-order valence-electron chi connectivity index (χ2n) is 11.3. The molecule has 1 atom stereocenters. The summed E-state index contributed by atoms with van der Waals surface area (Å²) in [4.78, 5) is 41.2. The largest absolute Gasteiger partial charge is 0.480 e. The van der Waals surface area contributed by atoms with E-state index in [0.717, 1.165) is 35.2 Å². The number of carboxylic acids is 1. The molecule has 0 unspecified atom stereocenters. The Morgan fingerprint density at radius 3 is 2.12 bits per heavy atom. The summed E-state index contributed by atoms with van der Waals surface area (Å²) in [6.45, 7) is 3.98. The van der Waals surface area contributed by atoms with Crippen LogP contribution in [0.25, 0.3) is 11.1 Å². The molecule has 220 valence electrons. The van der Waals surface area contributed by atoms with E-state index in [-0.39, 0.29) is 12.5 Å². The number of likely N-dealkylation sites (tertiary alicyclic amines) is 1. The number of rotatable bonds is 11. The van der Waals surface area contributed by atoms with Gasteiger partial charge in [-0.25, -0.2) is 9.59 Å². The molecule has 3 aromatic rings. The van der Waals surface area contributed by atoms with Gasteiger partial charge in [0.1, 0.15) is 18.2 Å². The fourth-order valence-corrected chi connectivity index (χ4v) is 6.14. The van der Waals surface area contributed by atoms with Gasteiger partial charge in [0.15, 0.2) is 0 Å². The van der Waals surface area contributed by atoms with Crippen molar-refractivity contribution >= 4 is 18.0 Å². The van der Waals surface area contributed by atoms with E-state index in [1.54, 1.807) is 0 Å². The van der Waals surface area contributed by atoms with Gasteiger partial charge in [-0.2, -0.15) is 0 Å². The third-order valence-corrected chi connectivity index (χ3v) is 8.53. The third kappa shape index (κ3) is 6.49. The second-order valence-corrected chi connectivity index (χ2v) is 11.3. The minimum absolute atomic E-state index is 0.105. The second kappa shape index (κ2) is 13.2. The van der Waals surface area contributed by atoms with Crippen molar-refractivity contribution in [2.75, 3.05) is 19.7 Å². The van der Waals surface area contributed by atoms with Gasteiger partial charge in [-0.05, 0) is 47.1 Å². The lowest BCUT2D eigenvalue weighted by molar-refractivity contribution is -0.143. The van der Waals surface area contributed by atoms with Crippen molar-refractivity contribution < 1.29 is 24.2 Å². The van der Waals surface area contributed by atoms with Crippen molar-refractivity contribution in [2.45, 2.75) is 63.1 Å². The number of piperidine rings is 1. The minimum Gasteiger partial charge on any atom is -0.480 e. The first-order chi connectivity index (χ1) is 20.4. The SMILES string of the molecule is CCCC[C@H](NC(=O)C1(NC(=O)OCC2c3ccccc3-c3ccccc32)CCN(Cc2ccccc2)CC1)C(=O)O. The molecule has 0 spiro atoms. The lowest BCUT2D eigenvalue weighted by atomic mass is 9.85. The average molecular weight is 570 g/mol. The average Bonchev–Trinajstić information content (AvgIpc) is 3.33. The summed E-state index contributed by atoms with van der Waals surface area (Å²) in [5, 5.41) is 15.4. The van der Waals surface area contributed by atoms with Gasteiger partial charge in [-0.3, -0.25) is 9.69 Å². The normalized spacial score (nSPS) is 16.6. The Balaban J connectivity index is 1.29. The van der Waals surface area contributed by atoms with Crippen LogP contribution in [0.4, 0.5) is 4.79 Å². The molecule has 0 aromatic heterocycles. The van der Waals surface area contributed by atoms with E-state index in [1.807, 2.05) is 49.4 Å². The van der Waals surface area contributed by atoms with Crippen LogP contribution in [0.3, 0.4) is 0 Å². The lowest BCUT2D eigenvalue weighted by Crippen LogP contribution is -2.64. The summed E-state index contributed by atoms with van der Waals surface area (Å²) < 4.78 is 5.80. The predicted molar refractivity (Wildman–Crippen MR) is 161 cm³/mol. The Kier molecular flexibility index (Phi) is 9.22. The summed E-state index contributed by atoms with van der Waals surface area (Å²) >= 11 is 0. The van der Waals surface area contributed by atoms with E-state index in [0.29, 0.717) is 38.8 Å². The molecule has 8 nitrogen and oxygen atoms in total. The zero-order valence-corrected chi connectivity index (χ0v) is 24.1. The Labute approximate surface area is 247 Å². The number of unbranched alkanes of at least 4 members (excludes halogenated alkanes) is 1. The molecule has 1 saturated heterocycles. The number of alkyl carbamates (subject to hydrolysis) is 1. The zero-order valence-electron chi connectivity index (χ0n) is 24.1. The van der Waals surface area contributed by atoms with Crippen molar-refractivity contribution in [3.8, 4) is 11.1 Å². The molecule has 1 heterocycles. The molecule has 3 aromatic carbocycles. The number of carbonyl (C=O) groups is 3. The lowest BCUT2D eigenvalue weighted by Gasteiger charge is -2.41. The van der Waals surface area contributed by atoms with Gasteiger partial charge in [0.05, 0.1) is 0 Å². The summed E-state index contributed by atoms with van der Waals surface area (Å²) in [6.07, 6.45) is 1.83. The number of hydrogen-bond acceptors (Lipinski definition) is 5. The monoisotopic (exact) mass is 569 g/mol. The van der Waals surface area contributed by atoms with Gasteiger partial charge in [-0.15, -0.1) is 0 Å². The van der Waals surface area contributed by atoms with Gasteiger partial charge in [0, 0.05) is 25.6 Å². The third-order valence-electron chi connectivity index (χ3n) is 8.53. The number of nitrogens with zero attached hydrogens (tertiary/aromatic N) is 1. The van der Waals surface area contributed by atoms with Crippen LogP contribution in [0.1, 0.15) is 61.6 Å². The maximum atomic E-state index is 13.7. The highest BCUT2D eigenvalue weighted by Crippen LogP contribution is 2.44. The van der Waals surface area contributed by atoms with E-state index < -0.39 is 29.6 Å². The van der Waals surface area contributed by atoms with E-state index in [2.05, 4.69) is 51.9 Å². The first kappa shape index (κ1) is 29.3. The van der Waals surface area contributed by atoms with E-state index >= 15 is 0 Å². The van der Waals surface area contributed by atoms with Gasteiger partial charge >= 0.3 is 12.1 Å². The molecule has 1 fully saturated rings. The summed E-state index contributed by atoms with van der Waals surface area (Å²) in [7, 11) is 0. The van der Waals surface area contributed by atoms with Crippen molar-refractivity contribution in [2.24, 2.45) is 0 Å². The molecule has 2 aliphatic rings. The van der Waals surface area contributed by atoms with Crippen LogP contribution < -0.4 is 10.6 Å². The molecular weight excluding hydrogens is 530 g/mol. The Hall–Kier alpha value is -4.17. The quantitative estimate of drug-likeness (QED) is 0.289. The highest BCUT2D eigenvalue weighted by atomic mass is 16.5. The molecule has 5 rings (SSSR count). The molecule has 3 N–H and O–H groups in total. The predicted octanol–water partition coefficient (Wildman–Crippen LogP) is 5.32. The molecule has 8 heteroatoms. The van der Waals surface area contributed by atoms with E-state index in [9.17, 15) is 19.5 Å². The fraction of sp³-hybridized carbons (Fsp3) is 0.382. The first-order valence-electron chi connectivity index (χ1n) is 14.8. The summed E-state index contributed by atoms with van der Waals surface area (Å²) in [6, 6.07) is 25.3. The molecule has 0 bridgehead atoms. The number of aliphatic carboxylic acids is 1.